The average Bonchev–Trinajstić information content (AvgIpc) is 3.83. The number of para-hydroxylation sites is 1. The summed E-state index contributed by atoms with van der Waals surface area (Å²) in [5.74, 6) is 0. The highest BCUT2D eigenvalue weighted by molar-refractivity contribution is 7.25. The number of benzene rings is 10. The lowest BCUT2D eigenvalue weighted by Crippen LogP contribution is -2.29. The molecule has 294 valence electrons. The van der Waals surface area contributed by atoms with Crippen LogP contribution in [0.1, 0.15) is 22.3 Å². The maximum Gasteiger partial charge on any atom is 0.0726 e. The third kappa shape index (κ3) is 5.35. The van der Waals surface area contributed by atoms with Crippen molar-refractivity contribution in [3.8, 4) is 55.6 Å². The van der Waals surface area contributed by atoms with Crippen molar-refractivity contribution in [1.29, 1.82) is 0 Å². The number of anilines is 3. The highest BCUT2D eigenvalue weighted by atomic mass is 32.1. The molecular formula is C61H39NS. The highest BCUT2D eigenvalue weighted by Gasteiger charge is 2.50. The summed E-state index contributed by atoms with van der Waals surface area (Å²) in [7, 11) is 0. The summed E-state index contributed by atoms with van der Waals surface area (Å²) in [6.45, 7) is 0. The molecule has 1 nitrogen and oxygen atoms in total. The predicted octanol–water partition coefficient (Wildman–Crippen LogP) is 16.9. The second-order valence-electron chi connectivity index (χ2n) is 16.7. The molecule has 10 aromatic carbocycles. The lowest BCUT2D eigenvalue weighted by atomic mass is 9.66. The van der Waals surface area contributed by atoms with Crippen LogP contribution in [0.25, 0.3) is 75.8 Å². The molecule has 1 unspecified atom stereocenters. The van der Waals surface area contributed by atoms with E-state index >= 15 is 0 Å². The van der Waals surface area contributed by atoms with Crippen LogP contribution in [-0.2, 0) is 5.41 Å². The molecule has 1 spiro atoms. The summed E-state index contributed by atoms with van der Waals surface area (Å²) < 4.78 is 2.65. The Bertz CT molecular complexity index is 3570. The largest absolute Gasteiger partial charge is 0.310 e. The van der Waals surface area contributed by atoms with E-state index in [1.807, 2.05) is 11.3 Å². The van der Waals surface area contributed by atoms with Crippen molar-refractivity contribution < 1.29 is 0 Å². The molecule has 1 heterocycles. The fourth-order valence-corrected chi connectivity index (χ4v) is 12.0. The van der Waals surface area contributed by atoms with E-state index < -0.39 is 5.41 Å². The maximum absolute atomic E-state index is 2.54. The Morgan fingerprint density at radius 3 is 1.52 bits per heavy atom. The number of hydrogen-bond acceptors (Lipinski definition) is 2. The number of hydrogen-bond donors (Lipinski definition) is 0. The van der Waals surface area contributed by atoms with Crippen molar-refractivity contribution in [2.24, 2.45) is 0 Å². The first kappa shape index (κ1) is 35.9. The van der Waals surface area contributed by atoms with Crippen LogP contribution in [-0.4, -0.2) is 0 Å². The topological polar surface area (TPSA) is 3.24 Å². The number of fused-ring (bicyclic) bond motifs is 15. The number of rotatable bonds is 5. The van der Waals surface area contributed by atoms with Crippen LogP contribution in [0.4, 0.5) is 17.1 Å². The van der Waals surface area contributed by atoms with Crippen LogP contribution in [0.5, 0.6) is 0 Å². The molecule has 2 heteroatoms. The Kier molecular flexibility index (Phi) is 8.06. The second kappa shape index (κ2) is 14.1. The van der Waals surface area contributed by atoms with Gasteiger partial charge in [0, 0.05) is 37.1 Å². The van der Waals surface area contributed by atoms with E-state index in [4.69, 9.17) is 0 Å². The van der Waals surface area contributed by atoms with Crippen LogP contribution in [0.3, 0.4) is 0 Å². The fourth-order valence-electron chi connectivity index (χ4n) is 10.8. The summed E-state index contributed by atoms with van der Waals surface area (Å²) in [6, 6.07) is 88.0. The van der Waals surface area contributed by atoms with Gasteiger partial charge in [0.1, 0.15) is 0 Å². The fraction of sp³-hybridized carbons (Fsp3) is 0.0164. The lowest BCUT2D eigenvalue weighted by Gasteiger charge is -2.36. The number of nitrogens with zero attached hydrogens (tertiary/aromatic N) is 1. The van der Waals surface area contributed by atoms with Gasteiger partial charge in [-0.1, -0.05) is 188 Å². The van der Waals surface area contributed by atoms with E-state index in [0.717, 1.165) is 17.1 Å². The predicted molar refractivity (Wildman–Crippen MR) is 267 cm³/mol. The Morgan fingerprint density at radius 2 is 0.794 bits per heavy atom. The molecule has 0 radical (unpaired) electrons. The molecule has 0 N–H and O–H groups in total. The van der Waals surface area contributed by atoms with Crippen LogP contribution >= 0.6 is 11.3 Å². The minimum atomic E-state index is -0.579. The first-order valence-corrected chi connectivity index (χ1v) is 22.6. The summed E-state index contributed by atoms with van der Waals surface area (Å²) in [5.41, 5.74) is 20.4. The van der Waals surface area contributed by atoms with E-state index in [1.54, 1.807) is 0 Å². The summed E-state index contributed by atoms with van der Waals surface area (Å²) in [6.07, 6.45) is 0. The van der Waals surface area contributed by atoms with Gasteiger partial charge in [-0.3, -0.25) is 0 Å². The van der Waals surface area contributed by atoms with Crippen molar-refractivity contribution in [1.82, 2.24) is 0 Å². The molecule has 0 aliphatic heterocycles. The van der Waals surface area contributed by atoms with Gasteiger partial charge < -0.3 is 4.90 Å². The van der Waals surface area contributed by atoms with Crippen molar-refractivity contribution in [3.63, 3.8) is 0 Å². The summed E-state index contributed by atoms with van der Waals surface area (Å²) in [4.78, 5) is 2.46. The van der Waals surface area contributed by atoms with Gasteiger partial charge in [-0.2, -0.15) is 0 Å². The molecule has 0 amide bonds. The van der Waals surface area contributed by atoms with E-state index in [-0.39, 0.29) is 0 Å². The molecular weight excluding hydrogens is 779 g/mol. The van der Waals surface area contributed by atoms with Gasteiger partial charge in [0.2, 0.25) is 0 Å². The highest BCUT2D eigenvalue weighted by Crippen LogP contribution is 2.63. The Labute approximate surface area is 371 Å². The average molecular weight is 818 g/mol. The van der Waals surface area contributed by atoms with Gasteiger partial charge in [-0.25, -0.2) is 0 Å². The smallest absolute Gasteiger partial charge is 0.0726 e. The van der Waals surface area contributed by atoms with Gasteiger partial charge in [-0.05, 0) is 121 Å². The first-order chi connectivity index (χ1) is 31.3. The van der Waals surface area contributed by atoms with Gasteiger partial charge in [0.25, 0.3) is 0 Å². The van der Waals surface area contributed by atoms with Crippen molar-refractivity contribution in [2.45, 2.75) is 5.41 Å². The van der Waals surface area contributed by atoms with Crippen molar-refractivity contribution in [3.05, 3.63) is 259 Å². The van der Waals surface area contributed by atoms with Gasteiger partial charge in [0.05, 0.1) is 11.1 Å². The van der Waals surface area contributed by atoms with E-state index in [2.05, 4.69) is 241 Å². The Balaban J connectivity index is 1.11. The summed E-state index contributed by atoms with van der Waals surface area (Å²) in [5, 5.41) is 2.65. The van der Waals surface area contributed by atoms with E-state index in [9.17, 15) is 0 Å². The van der Waals surface area contributed by atoms with Gasteiger partial charge in [-0.15, -0.1) is 11.3 Å². The minimum Gasteiger partial charge on any atom is -0.310 e. The SMILES string of the molecule is c1ccc(-c2ccc(N(c3ccc4c(c3)-c3ccccc3-c3ccccc3C43c4ccccc4-c4cc5c(cc43)sc3ccccc35)c3ccccc3-c3ccccc3)cc2)cc1. The third-order valence-electron chi connectivity index (χ3n) is 13.5. The normalized spacial score (nSPS) is 14.4. The first-order valence-electron chi connectivity index (χ1n) is 21.8. The quantitative estimate of drug-likeness (QED) is 0.167. The molecule has 13 rings (SSSR count). The molecule has 2 aliphatic rings. The third-order valence-corrected chi connectivity index (χ3v) is 14.6. The van der Waals surface area contributed by atoms with E-state index in [1.165, 1.54) is 98.1 Å². The summed E-state index contributed by atoms with van der Waals surface area (Å²) >= 11 is 1.90. The zero-order chi connectivity index (χ0) is 41.5. The Hall–Kier alpha value is -7.78. The standard InChI is InChI=1S/C61H39NS/c1-3-17-40(18-4-1)41-31-33-43(34-32-41)62(58-29-15-11-21-45(58)42-19-5-2-6-20-42)44-35-36-56-51(37-44)47-23-8-7-22-46(47)48-24-9-13-27-54(48)61(56)55-28-14-10-25-49(55)52-38-53-50-26-12-16-30-59(50)63-60(53)39-57(52)61/h1-39H. The van der Waals surface area contributed by atoms with Gasteiger partial charge in [0.15, 0.2) is 0 Å². The van der Waals surface area contributed by atoms with Crippen LogP contribution in [0, 0.1) is 0 Å². The molecule has 2 aliphatic carbocycles. The van der Waals surface area contributed by atoms with Crippen LogP contribution < -0.4 is 4.90 Å². The molecule has 1 aromatic heterocycles. The van der Waals surface area contributed by atoms with E-state index in [0.29, 0.717) is 0 Å². The Morgan fingerprint density at radius 1 is 0.286 bits per heavy atom. The molecule has 0 fully saturated rings. The maximum atomic E-state index is 2.54. The molecule has 0 saturated heterocycles. The monoisotopic (exact) mass is 817 g/mol. The molecule has 0 saturated carbocycles. The van der Waals surface area contributed by atoms with Gasteiger partial charge >= 0.3 is 0 Å². The molecule has 11 aromatic rings. The van der Waals surface area contributed by atoms with Crippen molar-refractivity contribution in [2.75, 3.05) is 4.90 Å². The second-order valence-corrected chi connectivity index (χ2v) is 17.8. The molecule has 1 atom stereocenters. The lowest BCUT2D eigenvalue weighted by molar-refractivity contribution is 0.776. The van der Waals surface area contributed by atoms with Crippen LogP contribution in [0.15, 0.2) is 237 Å². The zero-order valence-corrected chi connectivity index (χ0v) is 35.2. The van der Waals surface area contributed by atoms with Crippen molar-refractivity contribution >= 4 is 48.6 Å². The van der Waals surface area contributed by atoms with Crippen LogP contribution in [0.2, 0.25) is 0 Å². The minimum absolute atomic E-state index is 0.579. The molecule has 63 heavy (non-hydrogen) atoms. The zero-order valence-electron chi connectivity index (χ0n) is 34.4. The number of thiophene rings is 1. The molecule has 0 bridgehead atoms.